The van der Waals surface area contributed by atoms with Crippen LogP contribution in [-0.2, 0) is 0 Å². The van der Waals surface area contributed by atoms with E-state index in [1.54, 1.807) is 6.07 Å². The van der Waals surface area contributed by atoms with Crippen LogP contribution in [0.15, 0.2) is 34.8 Å². The Morgan fingerprint density at radius 2 is 1.88 bits per heavy atom. The zero-order valence-electron chi connectivity index (χ0n) is 14.9. The van der Waals surface area contributed by atoms with Crippen molar-refractivity contribution in [3.05, 3.63) is 40.5 Å². The normalized spacial score (nSPS) is 16.5. The summed E-state index contributed by atoms with van der Waals surface area (Å²) in [5.41, 5.74) is 2.21. The summed E-state index contributed by atoms with van der Waals surface area (Å²) in [6.45, 7) is 6.79. The highest BCUT2D eigenvalue weighted by Gasteiger charge is 2.28. The zero-order valence-corrected chi connectivity index (χ0v) is 16.5. The molecule has 1 saturated heterocycles. The van der Waals surface area contributed by atoms with Gasteiger partial charge in [0.1, 0.15) is 11.7 Å². The topological polar surface area (TPSA) is 76.0 Å². The van der Waals surface area contributed by atoms with Crippen LogP contribution in [-0.4, -0.2) is 58.1 Å². The molecule has 7 heteroatoms. The van der Waals surface area contributed by atoms with Crippen LogP contribution in [0.5, 0.6) is 0 Å². The number of nitriles is 1. The first-order valence-electron chi connectivity index (χ1n) is 8.74. The van der Waals surface area contributed by atoms with Crippen LogP contribution in [0.4, 0.5) is 0 Å². The predicted molar refractivity (Wildman–Crippen MR) is 103 cm³/mol. The summed E-state index contributed by atoms with van der Waals surface area (Å²) in [6.07, 6.45) is 0. The molecule has 1 aliphatic rings. The van der Waals surface area contributed by atoms with E-state index in [2.05, 4.69) is 50.9 Å². The van der Waals surface area contributed by atoms with Crippen molar-refractivity contribution in [2.75, 3.05) is 26.2 Å². The summed E-state index contributed by atoms with van der Waals surface area (Å²) in [7, 11) is 0. The van der Waals surface area contributed by atoms with Gasteiger partial charge in [0.15, 0.2) is 0 Å². The number of nitrogens with zero attached hydrogens (tertiary/aromatic N) is 4. The lowest BCUT2D eigenvalue weighted by Gasteiger charge is -2.37. The Morgan fingerprint density at radius 3 is 2.46 bits per heavy atom. The van der Waals surface area contributed by atoms with Gasteiger partial charge < -0.3 is 4.90 Å². The summed E-state index contributed by atoms with van der Waals surface area (Å²) in [5.74, 6) is 0.238. The van der Waals surface area contributed by atoms with Crippen LogP contribution in [0.1, 0.15) is 24.3 Å². The molecule has 136 valence electrons. The number of amides is 1. The molecule has 1 aliphatic heterocycles. The number of nitrogens with one attached hydrogen (secondary N) is 1. The summed E-state index contributed by atoms with van der Waals surface area (Å²) >= 11 is 3.41. The molecule has 1 aromatic heterocycles. The minimum Gasteiger partial charge on any atom is -0.335 e. The van der Waals surface area contributed by atoms with E-state index in [9.17, 15) is 10.1 Å². The molecule has 0 spiro atoms. The number of H-pyrrole nitrogens is 1. The molecule has 2 aromatic rings. The molecule has 3 rings (SSSR count). The predicted octanol–water partition coefficient (Wildman–Crippen LogP) is 3.15. The minimum absolute atomic E-state index is 0.0430. The van der Waals surface area contributed by atoms with E-state index in [1.807, 2.05) is 29.2 Å². The maximum atomic E-state index is 12.7. The SMILES string of the molecule is CC(C)C(C#N)N1CCN(C(=O)c2cc(-c3ccc(Br)cc3)n[nH]2)CC1. The van der Waals surface area contributed by atoms with E-state index in [0.29, 0.717) is 18.8 Å². The lowest BCUT2D eigenvalue weighted by molar-refractivity contribution is 0.0571. The number of carbonyl (C=O) groups excluding carboxylic acids is 1. The molecule has 1 amide bonds. The molecule has 2 heterocycles. The Morgan fingerprint density at radius 1 is 1.23 bits per heavy atom. The van der Waals surface area contributed by atoms with E-state index >= 15 is 0 Å². The number of halogens is 1. The fraction of sp³-hybridized carbons (Fsp3) is 0.421. The average Bonchev–Trinajstić information content (AvgIpc) is 3.13. The first-order chi connectivity index (χ1) is 12.5. The van der Waals surface area contributed by atoms with Crippen LogP contribution >= 0.6 is 15.9 Å². The van der Waals surface area contributed by atoms with Crippen molar-refractivity contribution in [1.29, 1.82) is 5.26 Å². The average molecular weight is 416 g/mol. The highest BCUT2D eigenvalue weighted by Crippen LogP contribution is 2.21. The van der Waals surface area contributed by atoms with Gasteiger partial charge in [0, 0.05) is 36.2 Å². The molecule has 0 saturated carbocycles. The monoisotopic (exact) mass is 415 g/mol. The molecule has 0 bridgehead atoms. The molecule has 0 radical (unpaired) electrons. The molecular formula is C19H22BrN5O. The number of hydrogen-bond donors (Lipinski definition) is 1. The summed E-state index contributed by atoms with van der Waals surface area (Å²) in [6, 6.07) is 11.9. The van der Waals surface area contributed by atoms with Gasteiger partial charge in [0.2, 0.25) is 0 Å². The fourth-order valence-corrected chi connectivity index (χ4v) is 3.49. The third kappa shape index (κ3) is 3.97. The Kier molecular flexibility index (Phi) is 5.74. The van der Waals surface area contributed by atoms with E-state index in [0.717, 1.165) is 28.8 Å². The van der Waals surface area contributed by atoms with Gasteiger partial charge >= 0.3 is 0 Å². The quantitative estimate of drug-likeness (QED) is 0.831. The van der Waals surface area contributed by atoms with Crippen molar-refractivity contribution in [3.8, 4) is 17.3 Å². The minimum atomic E-state index is -0.0941. The van der Waals surface area contributed by atoms with Crippen molar-refractivity contribution < 1.29 is 4.79 Å². The van der Waals surface area contributed by atoms with Crippen molar-refractivity contribution in [2.24, 2.45) is 5.92 Å². The Labute approximate surface area is 161 Å². The van der Waals surface area contributed by atoms with Gasteiger partial charge in [-0.1, -0.05) is 41.9 Å². The van der Waals surface area contributed by atoms with Gasteiger partial charge in [-0.25, -0.2) is 0 Å². The second-order valence-electron chi connectivity index (χ2n) is 6.82. The second-order valence-corrected chi connectivity index (χ2v) is 7.74. The number of piperazine rings is 1. The number of aromatic amines is 1. The Bertz CT molecular complexity index is 800. The molecule has 6 nitrogen and oxygen atoms in total. The van der Waals surface area contributed by atoms with E-state index in [1.165, 1.54) is 0 Å². The lowest BCUT2D eigenvalue weighted by atomic mass is 10.0. The van der Waals surface area contributed by atoms with Crippen LogP contribution in [0.3, 0.4) is 0 Å². The fourth-order valence-electron chi connectivity index (χ4n) is 3.23. The largest absolute Gasteiger partial charge is 0.335 e. The highest BCUT2D eigenvalue weighted by molar-refractivity contribution is 9.10. The number of rotatable bonds is 4. The van der Waals surface area contributed by atoms with Gasteiger partial charge in [-0.15, -0.1) is 0 Å². The summed E-state index contributed by atoms with van der Waals surface area (Å²) < 4.78 is 1.00. The molecular weight excluding hydrogens is 394 g/mol. The van der Waals surface area contributed by atoms with Crippen LogP contribution in [0.2, 0.25) is 0 Å². The number of carbonyl (C=O) groups is 1. The van der Waals surface area contributed by atoms with Gasteiger partial charge in [0.25, 0.3) is 5.91 Å². The van der Waals surface area contributed by atoms with Crippen LogP contribution < -0.4 is 0 Å². The standard InChI is InChI=1S/C19H22BrN5O/c1-13(2)18(12-21)24-7-9-25(10-8-24)19(26)17-11-16(22-23-17)14-3-5-15(20)6-4-14/h3-6,11,13,18H,7-10H2,1-2H3,(H,22,23). The smallest absolute Gasteiger partial charge is 0.271 e. The number of aromatic nitrogens is 2. The zero-order chi connectivity index (χ0) is 18.7. The van der Waals surface area contributed by atoms with Gasteiger partial charge in [-0.05, 0) is 24.1 Å². The molecule has 1 fully saturated rings. The van der Waals surface area contributed by atoms with E-state index in [-0.39, 0.29) is 17.9 Å². The van der Waals surface area contributed by atoms with Crippen molar-refractivity contribution in [2.45, 2.75) is 19.9 Å². The van der Waals surface area contributed by atoms with Gasteiger partial charge in [0.05, 0.1) is 11.8 Å². The third-order valence-electron chi connectivity index (χ3n) is 4.71. The molecule has 1 unspecified atom stereocenters. The van der Waals surface area contributed by atoms with E-state index < -0.39 is 0 Å². The van der Waals surface area contributed by atoms with Gasteiger partial charge in [-0.2, -0.15) is 10.4 Å². The molecule has 26 heavy (non-hydrogen) atoms. The number of benzene rings is 1. The molecule has 1 aromatic carbocycles. The summed E-state index contributed by atoms with van der Waals surface area (Å²) in [5, 5.41) is 16.5. The molecule has 1 N–H and O–H groups in total. The summed E-state index contributed by atoms with van der Waals surface area (Å²) in [4.78, 5) is 16.7. The van der Waals surface area contributed by atoms with Gasteiger partial charge in [-0.3, -0.25) is 14.8 Å². The maximum absolute atomic E-state index is 12.7. The van der Waals surface area contributed by atoms with Crippen molar-refractivity contribution >= 4 is 21.8 Å². The number of hydrogen-bond acceptors (Lipinski definition) is 4. The van der Waals surface area contributed by atoms with Crippen molar-refractivity contribution in [1.82, 2.24) is 20.0 Å². The van der Waals surface area contributed by atoms with Crippen LogP contribution in [0, 0.1) is 17.2 Å². The van der Waals surface area contributed by atoms with Crippen molar-refractivity contribution in [3.63, 3.8) is 0 Å². The Balaban J connectivity index is 1.64. The van der Waals surface area contributed by atoms with Crippen LogP contribution in [0.25, 0.3) is 11.3 Å². The first-order valence-corrected chi connectivity index (χ1v) is 9.53. The Hall–Kier alpha value is -2.17. The highest BCUT2D eigenvalue weighted by atomic mass is 79.9. The molecule has 1 atom stereocenters. The first kappa shape index (κ1) is 18.6. The second kappa shape index (κ2) is 8.02. The maximum Gasteiger partial charge on any atom is 0.271 e. The molecule has 0 aliphatic carbocycles. The van der Waals surface area contributed by atoms with E-state index in [4.69, 9.17) is 0 Å². The lowest BCUT2D eigenvalue weighted by Crippen LogP contribution is -2.52. The third-order valence-corrected chi connectivity index (χ3v) is 5.24.